The minimum atomic E-state index is -0.339. The molecule has 0 fully saturated rings. The molecule has 178 valence electrons. The number of allylic oxidation sites excluding steroid dienone is 1. The molecule has 0 radical (unpaired) electrons. The second-order valence-corrected chi connectivity index (χ2v) is 8.82. The summed E-state index contributed by atoms with van der Waals surface area (Å²) in [6, 6.07) is 14.4. The van der Waals surface area contributed by atoms with Crippen LogP contribution in [-0.2, 0) is 4.79 Å². The summed E-state index contributed by atoms with van der Waals surface area (Å²) in [7, 11) is 4.56. The van der Waals surface area contributed by atoms with E-state index in [1.54, 1.807) is 30.3 Å². The first-order chi connectivity index (χ1) is 17.0. The second kappa shape index (κ2) is 9.11. The van der Waals surface area contributed by atoms with Crippen LogP contribution in [0.2, 0.25) is 0 Å². The lowest BCUT2D eigenvalue weighted by molar-refractivity contribution is -0.135. The molecule has 2 aliphatic heterocycles. The first kappa shape index (κ1) is 23.0. The van der Waals surface area contributed by atoms with Crippen molar-refractivity contribution in [3.05, 3.63) is 81.0 Å². The Hall–Kier alpha value is -3.78. The smallest absolute Gasteiger partial charge is 0.312 e. The molecule has 0 spiro atoms. The van der Waals surface area contributed by atoms with Crippen LogP contribution in [-0.4, -0.2) is 33.1 Å². The summed E-state index contributed by atoms with van der Waals surface area (Å²) in [6.45, 7) is 0. The molecule has 0 bridgehead atoms. The zero-order chi connectivity index (χ0) is 24.7. The molecule has 2 heterocycles. The number of hydrogen-bond acceptors (Lipinski definition) is 7. The highest BCUT2D eigenvalue weighted by molar-refractivity contribution is 9.10. The lowest BCUT2D eigenvalue weighted by atomic mass is 9.84. The van der Waals surface area contributed by atoms with Gasteiger partial charge >= 0.3 is 5.97 Å². The summed E-state index contributed by atoms with van der Waals surface area (Å²) in [5.74, 6) is 1.28. The maximum atomic E-state index is 13.3. The van der Waals surface area contributed by atoms with E-state index in [9.17, 15) is 9.59 Å². The molecule has 0 unspecified atom stereocenters. The lowest BCUT2D eigenvalue weighted by Crippen LogP contribution is -2.21. The molecule has 0 aromatic heterocycles. The van der Waals surface area contributed by atoms with Crippen LogP contribution in [0.4, 0.5) is 0 Å². The molecule has 3 aromatic rings. The van der Waals surface area contributed by atoms with Gasteiger partial charge in [-0.1, -0.05) is 34.1 Å². The van der Waals surface area contributed by atoms with Crippen LogP contribution < -0.4 is 23.7 Å². The van der Waals surface area contributed by atoms with Crippen LogP contribution in [0.1, 0.15) is 39.4 Å². The van der Waals surface area contributed by atoms with E-state index < -0.39 is 0 Å². The minimum absolute atomic E-state index is 0.127. The predicted octanol–water partition coefficient (Wildman–Crippen LogP) is 5.53. The van der Waals surface area contributed by atoms with Gasteiger partial charge in [-0.2, -0.15) is 0 Å². The highest BCUT2D eigenvalue weighted by atomic mass is 79.9. The molecule has 5 rings (SSSR count). The van der Waals surface area contributed by atoms with Crippen molar-refractivity contribution in [2.75, 3.05) is 21.3 Å². The maximum absolute atomic E-state index is 13.3. The van der Waals surface area contributed by atoms with Gasteiger partial charge in [0.1, 0.15) is 11.5 Å². The van der Waals surface area contributed by atoms with Gasteiger partial charge in [-0.15, -0.1) is 0 Å². The third kappa shape index (κ3) is 3.83. The summed E-state index contributed by atoms with van der Waals surface area (Å²) >= 11 is 3.59. The summed E-state index contributed by atoms with van der Waals surface area (Å²) in [5, 5.41) is 0. The van der Waals surface area contributed by atoms with Gasteiger partial charge in [0, 0.05) is 21.5 Å². The number of methoxy groups -OCH3 is 3. The summed E-state index contributed by atoms with van der Waals surface area (Å²) < 4.78 is 28.9. The molecule has 0 aliphatic carbocycles. The minimum Gasteiger partial charge on any atom is -0.493 e. The van der Waals surface area contributed by atoms with Gasteiger partial charge in [0.15, 0.2) is 17.3 Å². The van der Waals surface area contributed by atoms with Crippen molar-refractivity contribution in [3.63, 3.8) is 0 Å². The highest BCUT2D eigenvalue weighted by Crippen LogP contribution is 2.50. The third-order valence-electron chi connectivity index (χ3n) is 6.08. The van der Waals surface area contributed by atoms with E-state index in [-0.39, 0.29) is 29.9 Å². The number of halogens is 1. The highest BCUT2D eigenvalue weighted by Gasteiger charge is 2.39. The van der Waals surface area contributed by atoms with Gasteiger partial charge < -0.3 is 23.7 Å². The normalized spacial score (nSPS) is 17.4. The molecule has 8 heteroatoms. The average Bonchev–Trinajstić information content (AvgIpc) is 3.18. The molecule has 1 atom stereocenters. The second-order valence-electron chi connectivity index (χ2n) is 7.97. The fraction of sp³-hybridized carbons (Fsp3) is 0.185. The van der Waals surface area contributed by atoms with Gasteiger partial charge in [-0.05, 0) is 42.0 Å². The van der Waals surface area contributed by atoms with Crippen molar-refractivity contribution in [1.29, 1.82) is 0 Å². The van der Waals surface area contributed by atoms with Crippen LogP contribution in [0, 0.1) is 0 Å². The van der Waals surface area contributed by atoms with Gasteiger partial charge in [-0.3, -0.25) is 9.59 Å². The van der Waals surface area contributed by atoms with E-state index in [1.165, 1.54) is 21.3 Å². The molecule has 2 aliphatic rings. The molecule has 0 saturated carbocycles. The number of rotatable bonds is 5. The SMILES string of the molecule is COc1ccc(/C=C2\Oc3c(ccc4c3[C@H](c3ccccc3Br)CC(=O)O4)C2=O)c(OC)c1OC. The number of benzene rings is 3. The fourth-order valence-electron chi connectivity index (χ4n) is 4.51. The average molecular weight is 537 g/mol. The Morgan fingerprint density at radius 1 is 0.914 bits per heavy atom. The number of ether oxygens (including phenoxy) is 5. The predicted molar refractivity (Wildman–Crippen MR) is 132 cm³/mol. The summed E-state index contributed by atoms with van der Waals surface area (Å²) in [4.78, 5) is 25.7. The van der Waals surface area contributed by atoms with Crippen molar-refractivity contribution < 1.29 is 33.3 Å². The monoisotopic (exact) mass is 536 g/mol. The zero-order valence-corrected chi connectivity index (χ0v) is 20.8. The van der Waals surface area contributed by atoms with E-state index >= 15 is 0 Å². The van der Waals surface area contributed by atoms with Gasteiger partial charge in [0.25, 0.3) is 0 Å². The molecule has 0 saturated heterocycles. The van der Waals surface area contributed by atoms with Crippen molar-refractivity contribution in [3.8, 4) is 28.7 Å². The van der Waals surface area contributed by atoms with Crippen molar-refractivity contribution >= 4 is 33.8 Å². The molecule has 3 aromatic carbocycles. The standard InChI is InChI=1S/C27H21BrO7/c1-31-20-10-8-14(25(32-2)27(20)33-3)12-21-24(30)16-9-11-19-23(26(16)35-21)17(13-22(29)34-19)15-6-4-5-7-18(15)28/h4-12,17H,13H2,1-3H3/b21-12-/t17-/m0/s1. The van der Waals surface area contributed by atoms with Crippen LogP contribution in [0.3, 0.4) is 0 Å². The van der Waals surface area contributed by atoms with E-state index in [0.29, 0.717) is 45.4 Å². The van der Waals surface area contributed by atoms with E-state index in [1.807, 2.05) is 24.3 Å². The lowest BCUT2D eigenvalue weighted by Gasteiger charge is -2.27. The van der Waals surface area contributed by atoms with Crippen LogP contribution in [0.25, 0.3) is 6.08 Å². The first-order valence-electron chi connectivity index (χ1n) is 10.8. The van der Waals surface area contributed by atoms with Gasteiger partial charge in [0.05, 0.1) is 33.3 Å². The Balaban J connectivity index is 1.62. The molecular formula is C27H21BrO7. The van der Waals surface area contributed by atoms with Crippen molar-refractivity contribution in [1.82, 2.24) is 0 Å². The maximum Gasteiger partial charge on any atom is 0.312 e. The number of carbonyl (C=O) groups is 2. The van der Waals surface area contributed by atoms with Crippen LogP contribution >= 0.6 is 15.9 Å². The topological polar surface area (TPSA) is 80.3 Å². The Bertz CT molecular complexity index is 1390. The number of carbonyl (C=O) groups excluding carboxylic acids is 2. The fourth-order valence-corrected chi connectivity index (χ4v) is 5.07. The van der Waals surface area contributed by atoms with Crippen LogP contribution in [0.5, 0.6) is 28.7 Å². The van der Waals surface area contributed by atoms with E-state index in [0.717, 1.165) is 10.0 Å². The molecule has 35 heavy (non-hydrogen) atoms. The van der Waals surface area contributed by atoms with Crippen molar-refractivity contribution in [2.24, 2.45) is 0 Å². The zero-order valence-electron chi connectivity index (χ0n) is 19.2. The van der Waals surface area contributed by atoms with Gasteiger partial charge in [0.2, 0.25) is 11.5 Å². The Morgan fingerprint density at radius 3 is 2.40 bits per heavy atom. The van der Waals surface area contributed by atoms with Gasteiger partial charge in [-0.25, -0.2) is 0 Å². The quantitative estimate of drug-likeness (QED) is 0.241. The molecule has 0 amide bonds. The number of ketones is 1. The summed E-state index contributed by atoms with van der Waals surface area (Å²) in [6.07, 6.45) is 1.74. The largest absolute Gasteiger partial charge is 0.493 e. The molecular weight excluding hydrogens is 516 g/mol. The van der Waals surface area contributed by atoms with E-state index in [2.05, 4.69) is 15.9 Å². The Labute approximate surface area is 210 Å². The number of fused-ring (bicyclic) bond motifs is 3. The molecule has 0 N–H and O–H groups in total. The first-order valence-corrected chi connectivity index (χ1v) is 11.6. The number of esters is 1. The summed E-state index contributed by atoms with van der Waals surface area (Å²) in [5.41, 5.74) is 2.58. The Kier molecular flexibility index (Phi) is 5.98. The number of Topliss-reactive ketones (excluding diaryl/α,β-unsaturated/α-hetero) is 1. The van der Waals surface area contributed by atoms with Crippen molar-refractivity contribution in [2.45, 2.75) is 12.3 Å². The number of hydrogen-bond donors (Lipinski definition) is 0. The molecule has 7 nitrogen and oxygen atoms in total. The van der Waals surface area contributed by atoms with E-state index in [4.69, 9.17) is 23.7 Å². The Morgan fingerprint density at radius 2 is 1.69 bits per heavy atom. The van der Waals surface area contributed by atoms with Crippen LogP contribution in [0.15, 0.2) is 58.8 Å². The third-order valence-corrected chi connectivity index (χ3v) is 6.80.